The minimum Gasteiger partial charge on any atom is -0.311 e. The average Bonchev–Trinajstić information content (AvgIpc) is 2.59. The Hall–Kier alpha value is -2.94. The molecule has 0 N–H and O–H groups in total. The summed E-state index contributed by atoms with van der Waals surface area (Å²) in [6, 6.07) is 28.3. The van der Waals surface area contributed by atoms with Crippen molar-refractivity contribution in [3.05, 3.63) is 95.4 Å². The molecule has 0 saturated heterocycles. The van der Waals surface area contributed by atoms with Gasteiger partial charge in [-0.25, -0.2) is 0 Å². The summed E-state index contributed by atoms with van der Waals surface area (Å²) in [5.74, 6) is 0. The predicted octanol–water partition coefficient (Wildman–Crippen LogP) is 5.42. The van der Waals surface area contributed by atoms with E-state index in [4.69, 9.17) is 0 Å². The summed E-state index contributed by atoms with van der Waals surface area (Å²) in [5, 5.41) is 2.93. The summed E-state index contributed by atoms with van der Waals surface area (Å²) in [6.07, 6.45) is 0. The highest BCUT2D eigenvalue weighted by Crippen LogP contribution is 2.33. The Kier molecular flexibility index (Phi) is 4.25. The second-order valence-corrected chi connectivity index (χ2v) is 4.96. The topological polar surface area (TPSA) is 32.7 Å². The maximum atomic E-state index is 10.4. The van der Waals surface area contributed by atoms with E-state index in [0.29, 0.717) is 0 Å². The maximum Gasteiger partial charge on any atom is 0.106 e. The van der Waals surface area contributed by atoms with E-state index in [2.05, 4.69) is 34.3 Å². The van der Waals surface area contributed by atoms with Crippen LogP contribution >= 0.6 is 0 Å². The van der Waals surface area contributed by atoms with Gasteiger partial charge in [-0.2, -0.15) is 4.91 Å². The van der Waals surface area contributed by atoms with Crippen molar-refractivity contribution in [2.75, 3.05) is 4.90 Å². The Morgan fingerprint density at radius 1 is 0.636 bits per heavy atom. The van der Waals surface area contributed by atoms with Gasteiger partial charge in [0.05, 0.1) is 0 Å². The fourth-order valence-electron chi connectivity index (χ4n) is 2.43. The minimum atomic E-state index is 0.205. The lowest BCUT2D eigenvalue weighted by molar-refractivity contribution is 1.05. The van der Waals surface area contributed by atoms with Gasteiger partial charge in [-0.3, -0.25) is 0 Å². The van der Waals surface area contributed by atoms with Gasteiger partial charge in [-0.05, 0) is 42.0 Å². The van der Waals surface area contributed by atoms with Crippen LogP contribution in [0.4, 0.5) is 17.1 Å². The molecule has 0 radical (unpaired) electrons. The molecule has 3 heteroatoms. The first-order valence-electron chi connectivity index (χ1n) is 7.17. The number of rotatable bonds is 5. The lowest BCUT2D eigenvalue weighted by Crippen LogP contribution is -2.09. The van der Waals surface area contributed by atoms with Crippen molar-refractivity contribution in [1.82, 2.24) is 0 Å². The number of para-hydroxylation sites is 2. The number of anilines is 3. The molecule has 0 aromatic heterocycles. The fraction of sp³-hybridized carbons (Fsp3) is 0.0526. The smallest absolute Gasteiger partial charge is 0.106 e. The molecule has 22 heavy (non-hydrogen) atoms. The van der Waals surface area contributed by atoms with E-state index >= 15 is 0 Å². The first-order chi connectivity index (χ1) is 10.9. The summed E-state index contributed by atoms with van der Waals surface area (Å²) >= 11 is 0. The van der Waals surface area contributed by atoms with Crippen molar-refractivity contribution >= 4 is 17.1 Å². The van der Waals surface area contributed by atoms with Gasteiger partial charge in [0.25, 0.3) is 0 Å². The van der Waals surface area contributed by atoms with Crippen LogP contribution in [0, 0.1) is 4.91 Å². The van der Waals surface area contributed by atoms with Gasteiger partial charge >= 0.3 is 0 Å². The zero-order valence-corrected chi connectivity index (χ0v) is 12.1. The van der Waals surface area contributed by atoms with Crippen LogP contribution in [-0.2, 0) is 6.54 Å². The van der Waals surface area contributed by atoms with Crippen LogP contribution in [0.25, 0.3) is 0 Å². The van der Waals surface area contributed by atoms with Crippen LogP contribution in [0.5, 0.6) is 0 Å². The van der Waals surface area contributed by atoms with Crippen molar-refractivity contribution < 1.29 is 0 Å². The molecule has 0 saturated carbocycles. The van der Waals surface area contributed by atoms with E-state index in [1.54, 1.807) is 0 Å². The van der Waals surface area contributed by atoms with E-state index in [1.807, 2.05) is 60.7 Å². The average molecular weight is 288 g/mol. The van der Waals surface area contributed by atoms with E-state index in [9.17, 15) is 4.91 Å². The van der Waals surface area contributed by atoms with E-state index in [0.717, 1.165) is 22.6 Å². The lowest BCUT2D eigenvalue weighted by atomic mass is 10.1. The molecule has 0 aliphatic carbocycles. The molecule has 3 aromatic rings. The molecule has 0 atom stereocenters. The van der Waals surface area contributed by atoms with E-state index in [-0.39, 0.29) is 6.54 Å². The SMILES string of the molecule is O=NCc1ccc(N(c2ccccc2)c2ccccc2)cc1. The second kappa shape index (κ2) is 6.68. The van der Waals surface area contributed by atoms with Crippen LogP contribution in [-0.4, -0.2) is 0 Å². The highest BCUT2D eigenvalue weighted by Gasteiger charge is 2.11. The number of nitroso groups, excluding NO2 is 1. The fourth-order valence-corrected chi connectivity index (χ4v) is 2.43. The Labute approximate surface area is 129 Å². The molecular formula is C19H16N2O. The van der Waals surface area contributed by atoms with Crippen molar-refractivity contribution in [2.45, 2.75) is 6.54 Å². The molecule has 0 fully saturated rings. The number of hydrogen-bond donors (Lipinski definition) is 0. The summed E-state index contributed by atoms with van der Waals surface area (Å²) in [4.78, 5) is 12.6. The molecule has 0 aliphatic heterocycles. The zero-order chi connectivity index (χ0) is 15.2. The van der Waals surface area contributed by atoms with Gasteiger partial charge in [0.1, 0.15) is 6.54 Å². The zero-order valence-electron chi connectivity index (χ0n) is 12.1. The predicted molar refractivity (Wildman–Crippen MR) is 90.6 cm³/mol. The lowest BCUT2D eigenvalue weighted by Gasteiger charge is -2.25. The Bertz CT molecular complexity index is 685. The molecular weight excluding hydrogens is 272 g/mol. The largest absolute Gasteiger partial charge is 0.311 e. The van der Waals surface area contributed by atoms with Crippen molar-refractivity contribution in [3.8, 4) is 0 Å². The highest BCUT2D eigenvalue weighted by molar-refractivity contribution is 5.76. The monoisotopic (exact) mass is 288 g/mol. The number of hydrogen-bond acceptors (Lipinski definition) is 3. The van der Waals surface area contributed by atoms with E-state index in [1.165, 1.54) is 0 Å². The summed E-state index contributed by atoms with van der Waals surface area (Å²) < 4.78 is 0. The van der Waals surface area contributed by atoms with Gasteiger partial charge in [0.15, 0.2) is 0 Å². The number of nitrogens with zero attached hydrogens (tertiary/aromatic N) is 2. The molecule has 0 spiro atoms. The first kappa shape index (κ1) is 14.0. The molecule has 0 bridgehead atoms. The van der Waals surface area contributed by atoms with E-state index < -0.39 is 0 Å². The molecule has 0 amide bonds. The van der Waals surface area contributed by atoms with Gasteiger partial charge < -0.3 is 4.90 Å². The number of benzene rings is 3. The highest BCUT2D eigenvalue weighted by atomic mass is 16.3. The van der Waals surface area contributed by atoms with Gasteiger partial charge in [0.2, 0.25) is 0 Å². The Balaban J connectivity index is 2.04. The third-order valence-corrected chi connectivity index (χ3v) is 3.47. The van der Waals surface area contributed by atoms with Crippen molar-refractivity contribution in [2.24, 2.45) is 5.18 Å². The molecule has 0 heterocycles. The molecule has 3 nitrogen and oxygen atoms in total. The molecule has 3 aromatic carbocycles. The van der Waals surface area contributed by atoms with Crippen LogP contribution in [0.3, 0.4) is 0 Å². The van der Waals surface area contributed by atoms with Gasteiger partial charge in [-0.15, -0.1) is 0 Å². The quantitative estimate of drug-likeness (QED) is 0.587. The van der Waals surface area contributed by atoms with Crippen LogP contribution in [0.2, 0.25) is 0 Å². The summed E-state index contributed by atoms with van der Waals surface area (Å²) in [5.41, 5.74) is 4.15. The second-order valence-electron chi connectivity index (χ2n) is 4.96. The van der Waals surface area contributed by atoms with Gasteiger partial charge in [-0.1, -0.05) is 53.7 Å². The van der Waals surface area contributed by atoms with Crippen molar-refractivity contribution in [1.29, 1.82) is 0 Å². The third kappa shape index (κ3) is 3.04. The van der Waals surface area contributed by atoms with Crippen molar-refractivity contribution in [3.63, 3.8) is 0 Å². The summed E-state index contributed by atoms with van der Waals surface area (Å²) in [6.45, 7) is 0.205. The Morgan fingerprint density at radius 2 is 1.09 bits per heavy atom. The first-order valence-corrected chi connectivity index (χ1v) is 7.17. The van der Waals surface area contributed by atoms with Gasteiger partial charge in [0, 0.05) is 17.1 Å². The molecule has 0 aliphatic rings. The maximum absolute atomic E-state index is 10.4. The van der Waals surface area contributed by atoms with Crippen LogP contribution in [0.15, 0.2) is 90.1 Å². The Morgan fingerprint density at radius 3 is 1.55 bits per heavy atom. The molecule has 3 rings (SSSR count). The normalized spacial score (nSPS) is 10.2. The molecule has 108 valence electrons. The van der Waals surface area contributed by atoms with Crippen LogP contribution < -0.4 is 4.90 Å². The van der Waals surface area contributed by atoms with Crippen LogP contribution in [0.1, 0.15) is 5.56 Å². The minimum absolute atomic E-state index is 0.205. The third-order valence-electron chi connectivity index (χ3n) is 3.47. The standard InChI is InChI=1S/C19H16N2O/c22-20-15-16-11-13-19(14-12-16)21(17-7-3-1-4-8-17)18-9-5-2-6-10-18/h1-14H,15H2. The summed E-state index contributed by atoms with van der Waals surface area (Å²) in [7, 11) is 0. The molecule has 0 unspecified atom stereocenters.